The number of carbonyl (C=O) groups is 1. The summed E-state index contributed by atoms with van der Waals surface area (Å²) in [7, 11) is 2.29. The number of benzene rings is 2. The predicted molar refractivity (Wildman–Crippen MR) is 130 cm³/mol. The highest BCUT2D eigenvalue weighted by molar-refractivity contribution is 5.80. The molecule has 0 heterocycles. The summed E-state index contributed by atoms with van der Waals surface area (Å²) in [5.41, 5.74) is 6.17. The van der Waals surface area contributed by atoms with Crippen LogP contribution in [0.15, 0.2) is 36.4 Å². The largest absolute Gasteiger partial charge is 0.481 e. The van der Waals surface area contributed by atoms with Crippen LogP contribution in [0.5, 0.6) is 0 Å². The number of rotatable bonds is 4. The van der Waals surface area contributed by atoms with Gasteiger partial charge in [0.15, 0.2) is 0 Å². The smallest absolute Gasteiger partial charge is 0.313 e. The van der Waals surface area contributed by atoms with Crippen LogP contribution in [0.1, 0.15) is 92.8 Å². The van der Waals surface area contributed by atoms with Crippen molar-refractivity contribution in [1.82, 2.24) is 4.90 Å². The molecule has 1 unspecified atom stereocenters. The first-order valence-electron chi connectivity index (χ1n) is 11.7. The number of nitrogens with zero attached hydrogens (tertiary/aromatic N) is 1. The molecule has 32 heavy (non-hydrogen) atoms. The van der Waals surface area contributed by atoms with Gasteiger partial charge < -0.3 is 5.11 Å². The van der Waals surface area contributed by atoms with Crippen molar-refractivity contribution in [2.75, 3.05) is 7.05 Å². The molecule has 0 aliphatic heterocycles. The van der Waals surface area contributed by atoms with E-state index in [0.717, 1.165) is 22.7 Å². The van der Waals surface area contributed by atoms with Crippen molar-refractivity contribution < 1.29 is 9.90 Å². The van der Waals surface area contributed by atoms with E-state index in [1.807, 2.05) is 24.3 Å². The highest BCUT2D eigenvalue weighted by Crippen LogP contribution is 2.46. The first kappa shape index (κ1) is 22.6. The summed E-state index contributed by atoms with van der Waals surface area (Å²) in [4.78, 5) is 14.1. The number of hydrogen-bond acceptors (Lipinski definition) is 2. The third-order valence-electron chi connectivity index (χ3n) is 7.62. The average molecular weight is 430 g/mol. The van der Waals surface area contributed by atoms with Crippen molar-refractivity contribution in [3.8, 4) is 11.8 Å². The molecule has 0 amide bonds. The standard InChI is InChI=1S/C29H35NO2/c1-19-17-24-25(28(2,3)16-15-26(24)30(6)23-13-14-23)18-21(19)10-7-20-8-11-22(12-9-20)29(4,5)27(31)32/h8-9,11-12,17-18,23,26H,13-16H2,1-6H3,(H,31,32). The molecule has 0 radical (unpaired) electrons. The highest BCUT2D eigenvalue weighted by atomic mass is 16.4. The average Bonchev–Trinajstić information content (AvgIpc) is 3.58. The molecular weight excluding hydrogens is 394 g/mol. The monoisotopic (exact) mass is 429 g/mol. The first-order chi connectivity index (χ1) is 15.0. The van der Waals surface area contributed by atoms with Gasteiger partial charge in [-0.3, -0.25) is 9.69 Å². The van der Waals surface area contributed by atoms with Crippen molar-refractivity contribution in [2.45, 2.75) is 83.2 Å². The Balaban J connectivity index is 1.65. The number of carboxylic acids is 1. The molecule has 0 aromatic heterocycles. The van der Waals surface area contributed by atoms with Crippen LogP contribution in [0, 0.1) is 18.8 Å². The van der Waals surface area contributed by atoms with Crippen LogP contribution in [0.3, 0.4) is 0 Å². The maximum atomic E-state index is 11.5. The van der Waals surface area contributed by atoms with Crippen LogP contribution in [0.25, 0.3) is 0 Å². The maximum Gasteiger partial charge on any atom is 0.313 e. The lowest BCUT2D eigenvalue weighted by Crippen LogP contribution is -2.35. The molecule has 2 aromatic rings. The van der Waals surface area contributed by atoms with Crippen molar-refractivity contribution in [3.63, 3.8) is 0 Å². The molecular formula is C29H35NO2. The zero-order valence-corrected chi connectivity index (χ0v) is 20.2. The topological polar surface area (TPSA) is 40.5 Å². The number of aliphatic carboxylic acids is 1. The van der Waals surface area contributed by atoms with E-state index in [1.165, 1.54) is 42.4 Å². The van der Waals surface area contributed by atoms with Crippen LogP contribution in [0.2, 0.25) is 0 Å². The Hall–Kier alpha value is -2.57. The molecule has 1 fully saturated rings. The molecule has 3 nitrogen and oxygen atoms in total. The Morgan fingerprint density at radius 1 is 1.09 bits per heavy atom. The van der Waals surface area contributed by atoms with Gasteiger partial charge in [-0.2, -0.15) is 0 Å². The van der Waals surface area contributed by atoms with Crippen molar-refractivity contribution in [2.24, 2.45) is 0 Å². The molecule has 0 spiro atoms. The first-order valence-corrected chi connectivity index (χ1v) is 11.7. The third kappa shape index (κ3) is 4.21. The summed E-state index contributed by atoms with van der Waals surface area (Å²) in [6.45, 7) is 10.3. The van der Waals surface area contributed by atoms with Crippen LogP contribution in [-0.2, 0) is 15.6 Å². The van der Waals surface area contributed by atoms with Gasteiger partial charge in [0.1, 0.15) is 0 Å². The highest BCUT2D eigenvalue weighted by Gasteiger charge is 2.39. The lowest BCUT2D eigenvalue weighted by Gasteiger charge is -2.41. The SMILES string of the molecule is Cc1cc2c(cc1C#Cc1ccc(C(C)(C)C(=O)O)cc1)C(C)(C)CCC2N(C)C1CC1. The lowest BCUT2D eigenvalue weighted by atomic mass is 9.69. The van der Waals surface area contributed by atoms with Crippen LogP contribution >= 0.6 is 0 Å². The van der Waals surface area contributed by atoms with E-state index >= 15 is 0 Å². The fourth-order valence-electron chi connectivity index (χ4n) is 4.91. The second-order valence-electron chi connectivity index (χ2n) is 10.8. The zero-order chi connectivity index (χ0) is 23.3. The van der Waals surface area contributed by atoms with Gasteiger partial charge in [0.25, 0.3) is 0 Å². The van der Waals surface area contributed by atoms with Gasteiger partial charge >= 0.3 is 5.97 Å². The van der Waals surface area contributed by atoms with E-state index < -0.39 is 11.4 Å². The molecule has 168 valence electrons. The molecule has 2 aliphatic rings. The molecule has 1 saturated carbocycles. The third-order valence-corrected chi connectivity index (χ3v) is 7.62. The summed E-state index contributed by atoms with van der Waals surface area (Å²) >= 11 is 0. The van der Waals surface area contributed by atoms with Crippen molar-refractivity contribution in [3.05, 3.63) is 69.8 Å². The van der Waals surface area contributed by atoms with Gasteiger partial charge in [0.2, 0.25) is 0 Å². The minimum absolute atomic E-state index is 0.157. The molecule has 0 bridgehead atoms. The molecule has 0 saturated heterocycles. The summed E-state index contributed by atoms with van der Waals surface area (Å²) < 4.78 is 0. The van der Waals surface area contributed by atoms with E-state index in [1.54, 1.807) is 13.8 Å². The van der Waals surface area contributed by atoms with E-state index in [9.17, 15) is 9.90 Å². The Kier molecular flexibility index (Phi) is 5.72. The summed E-state index contributed by atoms with van der Waals surface area (Å²) in [6.07, 6.45) is 5.07. The van der Waals surface area contributed by atoms with E-state index in [4.69, 9.17) is 0 Å². The summed E-state index contributed by atoms with van der Waals surface area (Å²) in [6, 6.07) is 13.6. The number of carboxylic acid groups (broad SMARTS) is 1. The second-order valence-corrected chi connectivity index (χ2v) is 10.8. The fraction of sp³-hybridized carbons (Fsp3) is 0.483. The lowest BCUT2D eigenvalue weighted by molar-refractivity contribution is -0.142. The van der Waals surface area contributed by atoms with Crippen LogP contribution < -0.4 is 0 Å². The van der Waals surface area contributed by atoms with E-state index in [0.29, 0.717) is 6.04 Å². The summed E-state index contributed by atoms with van der Waals surface area (Å²) in [5, 5.41) is 9.44. The minimum atomic E-state index is -0.906. The zero-order valence-electron chi connectivity index (χ0n) is 20.2. The minimum Gasteiger partial charge on any atom is -0.481 e. The molecule has 1 atom stereocenters. The number of aryl methyl sites for hydroxylation is 1. The normalized spacial score (nSPS) is 19.8. The quantitative estimate of drug-likeness (QED) is 0.609. The molecule has 4 rings (SSSR count). The van der Waals surface area contributed by atoms with Crippen LogP contribution in [0.4, 0.5) is 0 Å². The predicted octanol–water partition coefficient (Wildman–Crippen LogP) is 5.96. The molecule has 3 heteroatoms. The Morgan fingerprint density at radius 2 is 1.75 bits per heavy atom. The van der Waals surface area contributed by atoms with Gasteiger partial charge in [-0.25, -0.2) is 0 Å². The Bertz CT molecular complexity index is 1090. The van der Waals surface area contributed by atoms with Crippen molar-refractivity contribution in [1.29, 1.82) is 0 Å². The Labute approximate surface area is 192 Å². The summed E-state index contributed by atoms with van der Waals surface area (Å²) in [5.74, 6) is 5.87. The number of fused-ring (bicyclic) bond motifs is 1. The van der Waals surface area contributed by atoms with Gasteiger partial charge in [-0.05, 0) is 99.4 Å². The van der Waals surface area contributed by atoms with Gasteiger partial charge in [0.05, 0.1) is 5.41 Å². The van der Waals surface area contributed by atoms with E-state index in [2.05, 4.69) is 56.7 Å². The van der Waals surface area contributed by atoms with Gasteiger partial charge in [-0.15, -0.1) is 0 Å². The maximum absolute atomic E-state index is 11.5. The number of hydrogen-bond donors (Lipinski definition) is 1. The molecule has 2 aliphatic carbocycles. The van der Waals surface area contributed by atoms with Gasteiger partial charge in [0, 0.05) is 23.2 Å². The molecule has 2 aromatic carbocycles. The fourth-order valence-corrected chi connectivity index (χ4v) is 4.91. The second kappa shape index (κ2) is 8.09. The van der Waals surface area contributed by atoms with Gasteiger partial charge in [-0.1, -0.05) is 43.9 Å². The molecule has 1 N–H and O–H groups in total. The Morgan fingerprint density at radius 3 is 2.34 bits per heavy atom. The van der Waals surface area contributed by atoms with Crippen molar-refractivity contribution >= 4 is 5.97 Å². The van der Waals surface area contributed by atoms with Crippen LogP contribution in [-0.4, -0.2) is 29.1 Å². The van der Waals surface area contributed by atoms with E-state index in [-0.39, 0.29) is 5.41 Å².